The van der Waals surface area contributed by atoms with Crippen LogP contribution in [-0.2, 0) is 4.74 Å². The summed E-state index contributed by atoms with van der Waals surface area (Å²) in [5, 5.41) is 11.4. The monoisotopic (exact) mass is 338 g/mol. The van der Waals surface area contributed by atoms with E-state index in [0.29, 0.717) is 19.7 Å². The van der Waals surface area contributed by atoms with Gasteiger partial charge in [0.1, 0.15) is 12.2 Å². The van der Waals surface area contributed by atoms with Gasteiger partial charge in [-0.3, -0.25) is 14.9 Å². The fourth-order valence-corrected chi connectivity index (χ4v) is 2.65. The Morgan fingerprint density at radius 3 is 2.46 bits per heavy atom. The lowest BCUT2D eigenvalue weighted by molar-refractivity contribution is -0.385. The van der Waals surface area contributed by atoms with Gasteiger partial charge in [-0.25, -0.2) is 0 Å². The molecular formula is C16H22N2O6. The summed E-state index contributed by atoms with van der Waals surface area (Å²) in [4.78, 5) is 25.2. The quantitative estimate of drug-likeness (QED) is 0.430. The van der Waals surface area contributed by atoms with E-state index in [-0.39, 0.29) is 35.3 Å². The predicted molar refractivity (Wildman–Crippen MR) is 86.8 cm³/mol. The Labute approximate surface area is 140 Å². The van der Waals surface area contributed by atoms with Crippen molar-refractivity contribution in [2.24, 2.45) is 0 Å². The van der Waals surface area contributed by atoms with E-state index >= 15 is 0 Å². The predicted octanol–water partition coefficient (Wildman–Crippen LogP) is 2.25. The molecule has 8 nitrogen and oxygen atoms in total. The van der Waals surface area contributed by atoms with Crippen LogP contribution < -0.4 is 9.47 Å². The largest absolute Gasteiger partial charge is 0.493 e. The van der Waals surface area contributed by atoms with Gasteiger partial charge in [-0.15, -0.1) is 0 Å². The number of nitro groups is 1. The molecule has 1 saturated heterocycles. The van der Waals surface area contributed by atoms with Crippen LogP contribution >= 0.6 is 0 Å². The van der Waals surface area contributed by atoms with Crippen molar-refractivity contribution in [2.45, 2.75) is 19.3 Å². The second-order valence-corrected chi connectivity index (χ2v) is 5.47. The lowest BCUT2D eigenvalue weighted by atomic mass is 10.1. The highest BCUT2D eigenvalue weighted by molar-refractivity contribution is 5.99. The van der Waals surface area contributed by atoms with Gasteiger partial charge in [0.2, 0.25) is 0 Å². The second-order valence-electron chi connectivity index (χ2n) is 5.47. The Balaban J connectivity index is 2.35. The number of hydrogen-bond acceptors (Lipinski definition) is 6. The first kappa shape index (κ1) is 18.0. The van der Waals surface area contributed by atoms with Crippen molar-refractivity contribution in [2.75, 3.05) is 40.5 Å². The van der Waals surface area contributed by atoms with Crippen molar-refractivity contribution in [3.8, 4) is 11.5 Å². The fraction of sp³-hybridized carbons (Fsp3) is 0.562. The van der Waals surface area contributed by atoms with Crippen LogP contribution in [0.25, 0.3) is 0 Å². The van der Waals surface area contributed by atoms with Crippen LogP contribution in [0.4, 0.5) is 5.69 Å². The topological polar surface area (TPSA) is 91.1 Å². The van der Waals surface area contributed by atoms with E-state index in [1.165, 1.54) is 26.4 Å². The van der Waals surface area contributed by atoms with Crippen LogP contribution in [0.5, 0.6) is 11.5 Å². The first-order chi connectivity index (χ1) is 11.6. The first-order valence-electron chi connectivity index (χ1n) is 7.86. The van der Waals surface area contributed by atoms with Gasteiger partial charge in [-0.1, -0.05) is 0 Å². The third-order valence-electron chi connectivity index (χ3n) is 3.90. The smallest absolute Gasteiger partial charge is 0.286 e. The molecule has 1 aromatic rings. The maximum atomic E-state index is 12.7. The maximum Gasteiger partial charge on any atom is 0.286 e. The summed E-state index contributed by atoms with van der Waals surface area (Å²) in [5.74, 6) is 0.164. The molecule has 1 fully saturated rings. The minimum atomic E-state index is -0.570. The van der Waals surface area contributed by atoms with Crippen LogP contribution in [0.3, 0.4) is 0 Å². The van der Waals surface area contributed by atoms with Crippen molar-refractivity contribution in [3.05, 3.63) is 27.8 Å². The zero-order valence-corrected chi connectivity index (χ0v) is 13.9. The van der Waals surface area contributed by atoms with Crippen molar-refractivity contribution >= 4 is 11.6 Å². The van der Waals surface area contributed by atoms with Crippen molar-refractivity contribution < 1.29 is 23.9 Å². The van der Waals surface area contributed by atoms with Crippen LogP contribution in [0.2, 0.25) is 0 Å². The number of likely N-dealkylation sites (tertiary alicyclic amines) is 1. The lowest BCUT2D eigenvalue weighted by Gasteiger charge is -2.26. The van der Waals surface area contributed by atoms with Crippen molar-refractivity contribution in [1.82, 2.24) is 4.90 Å². The van der Waals surface area contributed by atoms with Crippen LogP contribution in [0.1, 0.15) is 29.6 Å². The Bertz CT molecular complexity index is 598. The number of rotatable bonds is 7. The molecule has 0 atom stereocenters. The Hall–Kier alpha value is -2.35. The lowest BCUT2D eigenvalue weighted by Crippen LogP contribution is -2.35. The number of hydrogen-bond donors (Lipinski definition) is 0. The average molecular weight is 338 g/mol. The molecule has 0 radical (unpaired) electrons. The zero-order chi connectivity index (χ0) is 17.5. The van der Waals surface area contributed by atoms with Crippen molar-refractivity contribution in [3.63, 3.8) is 0 Å². The van der Waals surface area contributed by atoms with Gasteiger partial charge in [0.05, 0.1) is 24.7 Å². The summed E-state index contributed by atoms with van der Waals surface area (Å²) >= 11 is 0. The molecule has 0 saturated carbocycles. The van der Waals surface area contributed by atoms with Gasteiger partial charge in [-0.05, 0) is 19.3 Å². The molecule has 1 heterocycles. The molecular weight excluding hydrogens is 316 g/mol. The zero-order valence-electron chi connectivity index (χ0n) is 13.9. The molecule has 132 valence electrons. The molecule has 1 aliphatic heterocycles. The van der Waals surface area contributed by atoms with Crippen LogP contribution in [-0.4, -0.2) is 56.3 Å². The van der Waals surface area contributed by atoms with E-state index in [1.807, 2.05) is 0 Å². The second kappa shape index (κ2) is 8.49. The maximum absolute atomic E-state index is 12.7. The standard InChI is InChI=1S/C16H22N2O6/c1-22-8-9-24-15-11-13(18(20)21)12(10-14(15)23-2)16(19)17-6-4-3-5-7-17/h10-11H,3-9H2,1-2H3. The number of nitrogens with zero attached hydrogens (tertiary/aromatic N) is 2. The van der Waals surface area contributed by atoms with Gasteiger partial charge >= 0.3 is 0 Å². The van der Waals surface area contributed by atoms with Gasteiger partial charge in [0, 0.05) is 26.3 Å². The van der Waals surface area contributed by atoms with Crippen LogP contribution in [0.15, 0.2) is 12.1 Å². The minimum absolute atomic E-state index is 0.0258. The molecule has 0 unspecified atom stereocenters. The van der Waals surface area contributed by atoms with Gasteiger partial charge in [0.25, 0.3) is 11.6 Å². The van der Waals surface area contributed by atoms with E-state index in [2.05, 4.69) is 0 Å². The molecule has 0 bridgehead atoms. The summed E-state index contributed by atoms with van der Waals surface area (Å²) in [6.07, 6.45) is 2.89. The molecule has 1 aliphatic rings. The van der Waals surface area contributed by atoms with Gasteiger partial charge in [0.15, 0.2) is 11.5 Å². The number of carbonyl (C=O) groups excluding carboxylic acids is 1. The Morgan fingerprint density at radius 1 is 1.17 bits per heavy atom. The number of piperidine rings is 1. The average Bonchev–Trinajstić information content (AvgIpc) is 2.61. The van der Waals surface area contributed by atoms with Gasteiger partial charge in [-0.2, -0.15) is 0 Å². The van der Waals surface area contributed by atoms with Crippen molar-refractivity contribution in [1.29, 1.82) is 0 Å². The number of benzene rings is 1. The molecule has 2 rings (SSSR count). The highest BCUT2D eigenvalue weighted by Crippen LogP contribution is 2.35. The third kappa shape index (κ3) is 4.14. The van der Waals surface area contributed by atoms with E-state index < -0.39 is 4.92 Å². The SMILES string of the molecule is COCCOc1cc([N+](=O)[O-])c(C(=O)N2CCCCC2)cc1OC. The molecule has 1 aromatic carbocycles. The molecule has 8 heteroatoms. The highest BCUT2D eigenvalue weighted by atomic mass is 16.6. The van der Waals surface area contributed by atoms with E-state index in [0.717, 1.165) is 19.3 Å². The number of amides is 1. The summed E-state index contributed by atoms with van der Waals surface area (Å²) in [5.41, 5.74) is -0.253. The highest BCUT2D eigenvalue weighted by Gasteiger charge is 2.28. The van der Waals surface area contributed by atoms with E-state index in [4.69, 9.17) is 14.2 Å². The Morgan fingerprint density at radius 2 is 1.88 bits per heavy atom. The third-order valence-corrected chi connectivity index (χ3v) is 3.90. The number of ether oxygens (including phenoxy) is 3. The summed E-state index contributed by atoms with van der Waals surface area (Å²) < 4.78 is 15.6. The van der Waals surface area contributed by atoms with E-state index in [9.17, 15) is 14.9 Å². The summed E-state index contributed by atoms with van der Waals surface area (Å²) in [7, 11) is 2.96. The Kier molecular flexibility index (Phi) is 6.36. The molecule has 1 amide bonds. The molecule has 0 aliphatic carbocycles. The number of methoxy groups -OCH3 is 2. The minimum Gasteiger partial charge on any atom is -0.493 e. The molecule has 0 aromatic heterocycles. The van der Waals surface area contributed by atoms with E-state index in [1.54, 1.807) is 4.90 Å². The first-order valence-corrected chi connectivity index (χ1v) is 7.86. The molecule has 0 N–H and O–H groups in total. The molecule has 24 heavy (non-hydrogen) atoms. The summed E-state index contributed by atoms with van der Waals surface area (Å²) in [6.45, 7) is 1.80. The summed E-state index contributed by atoms with van der Waals surface area (Å²) in [6, 6.07) is 2.63. The fourth-order valence-electron chi connectivity index (χ4n) is 2.65. The van der Waals surface area contributed by atoms with Gasteiger partial charge < -0.3 is 19.1 Å². The number of carbonyl (C=O) groups is 1. The van der Waals surface area contributed by atoms with Crippen LogP contribution in [0, 0.1) is 10.1 Å². The normalized spacial score (nSPS) is 14.3. The number of nitro benzene ring substituents is 1. The molecule has 0 spiro atoms.